The van der Waals surface area contributed by atoms with Crippen LogP contribution in [0.15, 0.2) is 30.3 Å². The molecule has 5 N–H and O–H groups in total. The number of alkyl carbamates (subject to hydrolysis) is 1. The Morgan fingerprint density at radius 2 is 1.82 bits per heavy atom. The van der Waals surface area contributed by atoms with E-state index in [1.165, 1.54) is 0 Å². The monoisotopic (exact) mass is 311 g/mol. The molecule has 1 amide bonds. The summed E-state index contributed by atoms with van der Waals surface area (Å²) in [6, 6.07) is 8.33. The van der Waals surface area contributed by atoms with Crippen LogP contribution in [0.25, 0.3) is 0 Å². The maximum atomic E-state index is 11.8. The van der Waals surface area contributed by atoms with Crippen LogP contribution in [0.3, 0.4) is 0 Å². The molecule has 5 atom stereocenters. The topological polar surface area (TPSA) is 119 Å². The lowest BCUT2D eigenvalue weighted by molar-refractivity contribution is -0.129. The molecule has 22 heavy (non-hydrogen) atoms. The Hall–Kier alpha value is -1.67. The lowest BCUT2D eigenvalue weighted by Gasteiger charge is -2.39. The van der Waals surface area contributed by atoms with Gasteiger partial charge in [0.25, 0.3) is 0 Å². The minimum atomic E-state index is -1.43. The van der Waals surface area contributed by atoms with Crippen molar-refractivity contribution in [3.63, 3.8) is 0 Å². The van der Waals surface area contributed by atoms with Crippen LogP contribution in [0.5, 0.6) is 0 Å². The van der Waals surface area contributed by atoms with Gasteiger partial charge >= 0.3 is 6.09 Å². The van der Waals surface area contributed by atoms with E-state index in [4.69, 9.17) is 4.74 Å². The van der Waals surface area contributed by atoms with Crippen LogP contribution in [-0.4, -0.2) is 57.5 Å². The second-order valence-electron chi connectivity index (χ2n) is 5.46. The Bertz CT molecular complexity index is 480. The van der Waals surface area contributed by atoms with Gasteiger partial charge in [0.2, 0.25) is 0 Å². The van der Waals surface area contributed by atoms with E-state index in [0.717, 1.165) is 5.56 Å². The van der Waals surface area contributed by atoms with Crippen molar-refractivity contribution in [3.8, 4) is 0 Å². The van der Waals surface area contributed by atoms with Crippen LogP contribution in [-0.2, 0) is 11.3 Å². The molecule has 7 nitrogen and oxygen atoms in total. The molecule has 1 aromatic carbocycles. The highest BCUT2D eigenvalue weighted by Crippen LogP contribution is 2.25. The van der Waals surface area contributed by atoms with Crippen molar-refractivity contribution in [1.29, 1.82) is 0 Å². The van der Waals surface area contributed by atoms with Gasteiger partial charge in [-0.05, 0) is 12.0 Å². The largest absolute Gasteiger partial charge is 0.445 e. The van der Waals surface area contributed by atoms with Gasteiger partial charge in [-0.3, -0.25) is 0 Å². The average Bonchev–Trinajstić information content (AvgIpc) is 2.54. The first kappa shape index (κ1) is 16.7. The van der Waals surface area contributed by atoms with E-state index in [-0.39, 0.29) is 19.6 Å². The number of aliphatic hydroxyl groups is 4. The summed E-state index contributed by atoms with van der Waals surface area (Å²) in [5, 5.41) is 41.0. The fourth-order valence-electron chi connectivity index (χ4n) is 2.57. The molecule has 1 fully saturated rings. The minimum Gasteiger partial charge on any atom is -0.445 e. The smallest absolute Gasteiger partial charge is 0.407 e. The number of nitrogens with one attached hydrogen (secondary N) is 1. The van der Waals surface area contributed by atoms with Crippen molar-refractivity contribution in [2.45, 2.75) is 37.4 Å². The molecular weight excluding hydrogens is 290 g/mol. The van der Waals surface area contributed by atoms with Crippen molar-refractivity contribution in [1.82, 2.24) is 5.32 Å². The second kappa shape index (κ2) is 7.55. The van der Waals surface area contributed by atoms with Crippen LogP contribution in [0.1, 0.15) is 12.0 Å². The minimum absolute atomic E-state index is 0.0874. The quantitative estimate of drug-likeness (QED) is 0.505. The highest BCUT2D eigenvalue weighted by atomic mass is 16.5. The summed E-state index contributed by atoms with van der Waals surface area (Å²) in [7, 11) is 0. The van der Waals surface area contributed by atoms with Gasteiger partial charge in [-0.1, -0.05) is 30.3 Å². The molecule has 0 radical (unpaired) electrons. The zero-order chi connectivity index (χ0) is 16.1. The normalized spacial score (nSPS) is 31.5. The molecule has 1 saturated carbocycles. The summed E-state index contributed by atoms with van der Waals surface area (Å²) < 4.78 is 5.04. The van der Waals surface area contributed by atoms with Gasteiger partial charge in [0.05, 0.1) is 12.1 Å². The first-order valence-corrected chi connectivity index (χ1v) is 7.15. The molecule has 1 aliphatic rings. The number of amides is 1. The molecule has 122 valence electrons. The number of hydrogen-bond acceptors (Lipinski definition) is 6. The molecule has 1 aromatic rings. The van der Waals surface area contributed by atoms with Crippen molar-refractivity contribution < 1.29 is 30.0 Å². The van der Waals surface area contributed by atoms with E-state index in [1.807, 2.05) is 30.3 Å². The summed E-state index contributed by atoms with van der Waals surface area (Å²) in [5.41, 5.74) is 0.825. The molecule has 7 heteroatoms. The second-order valence-corrected chi connectivity index (χ2v) is 5.46. The fourth-order valence-corrected chi connectivity index (χ4v) is 2.57. The maximum absolute atomic E-state index is 11.8. The van der Waals surface area contributed by atoms with Gasteiger partial charge < -0.3 is 30.5 Å². The molecule has 2 rings (SSSR count). The predicted octanol–water partition coefficient (Wildman–Crippen LogP) is -0.624. The Balaban J connectivity index is 1.87. The number of carbonyl (C=O) groups is 1. The first-order valence-electron chi connectivity index (χ1n) is 7.15. The average molecular weight is 311 g/mol. The molecule has 0 unspecified atom stereocenters. The van der Waals surface area contributed by atoms with Gasteiger partial charge in [-0.15, -0.1) is 0 Å². The molecule has 0 spiro atoms. The van der Waals surface area contributed by atoms with Crippen molar-refractivity contribution >= 4 is 6.09 Å². The summed E-state index contributed by atoms with van der Waals surface area (Å²) >= 11 is 0. The molecule has 0 heterocycles. The number of aliphatic hydroxyl groups excluding tert-OH is 4. The molecule has 0 aliphatic heterocycles. The number of carbonyl (C=O) groups excluding carboxylic acids is 1. The van der Waals surface area contributed by atoms with E-state index in [2.05, 4.69) is 5.32 Å². The van der Waals surface area contributed by atoms with Crippen LogP contribution in [0, 0.1) is 5.92 Å². The molecule has 0 saturated heterocycles. The first-order chi connectivity index (χ1) is 10.5. The van der Waals surface area contributed by atoms with Crippen molar-refractivity contribution in [2.75, 3.05) is 6.61 Å². The van der Waals surface area contributed by atoms with Gasteiger partial charge in [-0.25, -0.2) is 4.79 Å². The van der Waals surface area contributed by atoms with Gasteiger partial charge in [0.1, 0.15) is 18.8 Å². The van der Waals surface area contributed by atoms with Gasteiger partial charge in [0.15, 0.2) is 0 Å². The van der Waals surface area contributed by atoms with E-state index < -0.39 is 36.4 Å². The number of benzene rings is 1. The lowest BCUT2D eigenvalue weighted by atomic mass is 9.80. The van der Waals surface area contributed by atoms with Crippen LogP contribution in [0.2, 0.25) is 0 Å². The molecular formula is C15H21NO6. The molecule has 0 bridgehead atoms. The lowest BCUT2D eigenvalue weighted by Crippen LogP contribution is -2.59. The van der Waals surface area contributed by atoms with Crippen molar-refractivity contribution in [3.05, 3.63) is 35.9 Å². The summed E-state index contributed by atoms with van der Waals surface area (Å²) in [5.74, 6) is -0.613. The van der Waals surface area contributed by atoms with E-state index in [9.17, 15) is 25.2 Å². The SMILES string of the molecule is O=C(N[C@@H]1C[C@@H](CO)[C@H](O)[C@@H](O)[C@@H]1O)OCc1ccccc1. The predicted molar refractivity (Wildman–Crippen MR) is 76.8 cm³/mol. The summed E-state index contributed by atoms with van der Waals surface area (Å²) in [6.45, 7) is -0.258. The fraction of sp³-hybridized carbons (Fsp3) is 0.533. The third-order valence-corrected chi connectivity index (χ3v) is 3.90. The zero-order valence-corrected chi connectivity index (χ0v) is 12.0. The highest BCUT2D eigenvalue weighted by molar-refractivity contribution is 5.67. The maximum Gasteiger partial charge on any atom is 0.407 e. The Morgan fingerprint density at radius 1 is 1.14 bits per heavy atom. The number of ether oxygens (including phenoxy) is 1. The Kier molecular flexibility index (Phi) is 5.73. The van der Waals surface area contributed by atoms with Gasteiger partial charge in [0, 0.05) is 12.5 Å². The number of rotatable bonds is 4. The summed E-state index contributed by atoms with van der Waals surface area (Å²) in [4.78, 5) is 11.8. The highest BCUT2D eigenvalue weighted by Gasteiger charge is 2.43. The standard InChI is InChI=1S/C15H21NO6/c17-7-10-6-11(13(19)14(20)12(10)18)16-15(21)22-8-9-4-2-1-3-5-9/h1-5,10-14,17-20H,6-8H2,(H,16,21)/t10-,11+,12-,13+,14+/m0/s1. The van der Waals surface area contributed by atoms with Gasteiger partial charge in [-0.2, -0.15) is 0 Å². The Labute approximate surface area is 128 Å². The Morgan fingerprint density at radius 3 is 2.45 bits per heavy atom. The summed E-state index contributed by atoms with van der Waals surface area (Å²) in [6.07, 6.45) is -4.55. The zero-order valence-electron chi connectivity index (χ0n) is 12.0. The van der Waals surface area contributed by atoms with Crippen molar-refractivity contribution in [2.24, 2.45) is 5.92 Å². The van der Waals surface area contributed by atoms with Crippen LogP contribution >= 0.6 is 0 Å². The molecule has 0 aromatic heterocycles. The number of hydrogen-bond donors (Lipinski definition) is 5. The van der Waals surface area contributed by atoms with E-state index in [0.29, 0.717) is 0 Å². The van der Waals surface area contributed by atoms with Crippen LogP contribution < -0.4 is 5.32 Å². The molecule has 1 aliphatic carbocycles. The third-order valence-electron chi connectivity index (χ3n) is 3.90. The third kappa shape index (κ3) is 3.95. The van der Waals surface area contributed by atoms with E-state index >= 15 is 0 Å². The van der Waals surface area contributed by atoms with Crippen LogP contribution in [0.4, 0.5) is 4.79 Å². The van der Waals surface area contributed by atoms with E-state index in [1.54, 1.807) is 0 Å².